The van der Waals surface area contributed by atoms with Gasteiger partial charge in [0, 0.05) is 19.6 Å². The lowest BCUT2D eigenvalue weighted by Crippen LogP contribution is -2.31. The molecule has 0 bridgehead atoms. The third-order valence-electron chi connectivity index (χ3n) is 3.71. The maximum Gasteiger partial charge on any atom is 0.0596 e. The second-order valence-corrected chi connectivity index (χ2v) is 5.37. The topological polar surface area (TPSA) is 24.5 Å². The summed E-state index contributed by atoms with van der Waals surface area (Å²) in [5, 5.41) is 3.49. The standard InChI is InChI=1S/C12H24N2O.ClH/c1-11(2)15-8-7-14-6-4-12(10-14)3-5-13-9-12;/h11,13H,3-10H2,1-2H3;1H. The maximum atomic E-state index is 5.60. The maximum absolute atomic E-state index is 5.60. The molecule has 1 N–H and O–H groups in total. The minimum atomic E-state index is 0. The Kier molecular flexibility index (Phi) is 5.51. The molecule has 0 amide bonds. The van der Waals surface area contributed by atoms with Crippen LogP contribution in [0.1, 0.15) is 26.7 Å². The van der Waals surface area contributed by atoms with Crippen molar-refractivity contribution in [3.63, 3.8) is 0 Å². The number of rotatable bonds is 4. The molecule has 1 unspecified atom stereocenters. The molecule has 2 rings (SSSR count). The highest BCUT2D eigenvalue weighted by atomic mass is 35.5. The molecular weight excluding hydrogens is 224 g/mol. The highest BCUT2D eigenvalue weighted by Crippen LogP contribution is 2.35. The Morgan fingerprint density at radius 1 is 1.38 bits per heavy atom. The molecule has 2 aliphatic rings. The van der Waals surface area contributed by atoms with Crippen LogP contribution >= 0.6 is 12.4 Å². The lowest BCUT2D eigenvalue weighted by molar-refractivity contribution is 0.0616. The zero-order valence-corrected chi connectivity index (χ0v) is 11.3. The highest BCUT2D eigenvalue weighted by Gasteiger charge is 2.39. The van der Waals surface area contributed by atoms with Crippen LogP contribution in [0.4, 0.5) is 0 Å². The van der Waals surface area contributed by atoms with Gasteiger partial charge in [0.05, 0.1) is 12.7 Å². The van der Waals surface area contributed by atoms with Gasteiger partial charge in [0.25, 0.3) is 0 Å². The zero-order chi connectivity index (χ0) is 10.7. The molecule has 1 atom stereocenters. The van der Waals surface area contributed by atoms with Crippen molar-refractivity contribution in [1.82, 2.24) is 10.2 Å². The van der Waals surface area contributed by atoms with Crippen LogP contribution in [0.15, 0.2) is 0 Å². The molecule has 4 heteroatoms. The summed E-state index contributed by atoms with van der Waals surface area (Å²) >= 11 is 0. The number of likely N-dealkylation sites (tertiary alicyclic amines) is 1. The van der Waals surface area contributed by atoms with Gasteiger partial charge in [-0.25, -0.2) is 0 Å². The zero-order valence-electron chi connectivity index (χ0n) is 10.5. The first-order chi connectivity index (χ1) is 7.20. The molecule has 3 nitrogen and oxygen atoms in total. The number of nitrogens with zero attached hydrogens (tertiary/aromatic N) is 1. The first kappa shape index (κ1) is 14.2. The Morgan fingerprint density at radius 3 is 2.81 bits per heavy atom. The molecule has 96 valence electrons. The second-order valence-electron chi connectivity index (χ2n) is 5.37. The van der Waals surface area contributed by atoms with E-state index in [9.17, 15) is 0 Å². The summed E-state index contributed by atoms with van der Waals surface area (Å²) in [7, 11) is 0. The van der Waals surface area contributed by atoms with Gasteiger partial charge < -0.3 is 15.0 Å². The highest BCUT2D eigenvalue weighted by molar-refractivity contribution is 5.85. The van der Waals surface area contributed by atoms with Crippen molar-refractivity contribution in [3.05, 3.63) is 0 Å². The first-order valence-electron chi connectivity index (χ1n) is 6.25. The van der Waals surface area contributed by atoms with Crippen LogP contribution in [-0.2, 0) is 4.74 Å². The van der Waals surface area contributed by atoms with Crippen LogP contribution in [-0.4, -0.2) is 50.3 Å². The summed E-state index contributed by atoms with van der Waals surface area (Å²) in [5.74, 6) is 0. The van der Waals surface area contributed by atoms with Gasteiger partial charge in [0.1, 0.15) is 0 Å². The molecule has 0 aliphatic carbocycles. The Bertz CT molecular complexity index is 205. The van der Waals surface area contributed by atoms with Gasteiger partial charge in [-0.15, -0.1) is 12.4 Å². The SMILES string of the molecule is CC(C)OCCN1CCC2(CCNC2)C1.Cl. The van der Waals surface area contributed by atoms with E-state index in [1.54, 1.807) is 0 Å². The summed E-state index contributed by atoms with van der Waals surface area (Å²) in [6.07, 6.45) is 3.12. The van der Waals surface area contributed by atoms with E-state index < -0.39 is 0 Å². The van der Waals surface area contributed by atoms with Crippen LogP contribution in [0.3, 0.4) is 0 Å². The third-order valence-corrected chi connectivity index (χ3v) is 3.71. The van der Waals surface area contributed by atoms with Crippen molar-refractivity contribution in [2.24, 2.45) is 5.41 Å². The largest absolute Gasteiger partial charge is 0.377 e. The molecular formula is C12H25ClN2O. The van der Waals surface area contributed by atoms with Crippen molar-refractivity contribution in [3.8, 4) is 0 Å². The fraction of sp³-hybridized carbons (Fsp3) is 1.00. The normalized spacial score (nSPS) is 30.2. The van der Waals surface area contributed by atoms with E-state index in [-0.39, 0.29) is 12.4 Å². The van der Waals surface area contributed by atoms with Crippen molar-refractivity contribution < 1.29 is 4.74 Å². The molecule has 0 aromatic carbocycles. The summed E-state index contributed by atoms with van der Waals surface area (Å²) in [6.45, 7) is 11.2. The minimum Gasteiger partial charge on any atom is -0.377 e. The third kappa shape index (κ3) is 3.59. The predicted octanol–water partition coefficient (Wildman–Crippen LogP) is 1.52. The van der Waals surface area contributed by atoms with E-state index in [0.29, 0.717) is 11.5 Å². The van der Waals surface area contributed by atoms with Crippen LogP contribution in [0.25, 0.3) is 0 Å². The molecule has 2 aliphatic heterocycles. The van der Waals surface area contributed by atoms with E-state index in [2.05, 4.69) is 24.1 Å². The van der Waals surface area contributed by atoms with E-state index >= 15 is 0 Å². The number of ether oxygens (including phenoxy) is 1. The van der Waals surface area contributed by atoms with Gasteiger partial charge in [-0.1, -0.05) is 0 Å². The van der Waals surface area contributed by atoms with E-state index in [0.717, 1.165) is 13.2 Å². The molecule has 0 aromatic rings. The molecule has 0 radical (unpaired) electrons. The molecule has 2 saturated heterocycles. The average Bonchev–Trinajstić information content (AvgIpc) is 2.78. The Morgan fingerprint density at radius 2 is 2.19 bits per heavy atom. The smallest absolute Gasteiger partial charge is 0.0596 e. The van der Waals surface area contributed by atoms with Gasteiger partial charge in [-0.2, -0.15) is 0 Å². The van der Waals surface area contributed by atoms with Gasteiger partial charge in [0.15, 0.2) is 0 Å². The molecule has 2 fully saturated rings. The van der Waals surface area contributed by atoms with Crippen LogP contribution in [0.5, 0.6) is 0 Å². The number of hydrogen-bond donors (Lipinski definition) is 1. The van der Waals surface area contributed by atoms with Crippen LogP contribution in [0.2, 0.25) is 0 Å². The van der Waals surface area contributed by atoms with E-state index in [1.165, 1.54) is 39.0 Å². The van der Waals surface area contributed by atoms with Gasteiger partial charge in [-0.05, 0) is 45.2 Å². The Balaban J connectivity index is 0.00000128. The number of nitrogens with one attached hydrogen (secondary N) is 1. The Hall–Kier alpha value is 0.170. The molecule has 16 heavy (non-hydrogen) atoms. The summed E-state index contributed by atoms with van der Waals surface area (Å²) in [5.41, 5.74) is 0.609. The number of halogens is 1. The Labute approximate surface area is 105 Å². The fourth-order valence-corrected chi connectivity index (χ4v) is 2.78. The van der Waals surface area contributed by atoms with Gasteiger partial charge >= 0.3 is 0 Å². The van der Waals surface area contributed by atoms with Crippen molar-refractivity contribution in [2.75, 3.05) is 39.3 Å². The summed E-state index contributed by atoms with van der Waals surface area (Å²) in [4.78, 5) is 2.56. The van der Waals surface area contributed by atoms with Crippen molar-refractivity contribution in [2.45, 2.75) is 32.8 Å². The van der Waals surface area contributed by atoms with E-state index in [1.807, 2.05) is 0 Å². The minimum absolute atomic E-state index is 0. The van der Waals surface area contributed by atoms with Crippen molar-refractivity contribution >= 4 is 12.4 Å². The summed E-state index contributed by atoms with van der Waals surface area (Å²) < 4.78 is 5.60. The van der Waals surface area contributed by atoms with E-state index in [4.69, 9.17) is 4.74 Å². The molecule has 0 saturated carbocycles. The lowest BCUT2D eigenvalue weighted by atomic mass is 9.87. The number of hydrogen-bond acceptors (Lipinski definition) is 3. The van der Waals surface area contributed by atoms with Crippen molar-refractivity contribution in [1.29, 1.82) is 0 Å². The molecule has 2 heterocycles. The fourth-order valence-electron chi connectivity index (χ4n) is 2.78. The van der Waals surface area contributed by atoms with Crippen LogP contribution in [0, 0.1) is 5.41 Å². The van der Waals surface area contributed by atoms with Crippen LogP contribution < -0.4 is 5.32 Å². The predicted molar refractivity (Wildman–Crippen MR) is 69.3 cm³/mol. The quantitative estimate of drug-likeness (QED) is 0.817. The molecule has 0 aromatic heterocycles. The monoisotopic (exact) mass is 248 g/mol. The van der Waals surface area contributed by atoms with Gasteiger partial charge in [-0.3, -0.25) is 0 Å². The second kappa shape index (κ2) is 6.20. The summed E-state index contributed by atoms with van der Waals surface area (Å²) in [6, 6.07) is 0. The first-order valence-corrected chi connectivity index (χ1v) is 6.25. The lowest BCUT2D eigenvalue weighted by Gasteiger charge is -2.23. The molecule has 1 spiro atoms. The van der Waals surface area contributed by atoms with Gasteiger partial charge in [0.2, 0.25) is 0 Å². The average molecular weight is 249 g/mol.